The molecule has 30 heavy (non-hydrogen) atoms. The molecule has 0 amide bonds. The molecule has 2 aliphatic heterocycles. The van der Waals surface area contributed by atoms with Crippen molar-refractivity contribution < 1.29 is 4.74 Å². The molecule has 0 saturated carbocycles. The normalized spacial score (nSPS) is 17.9. The quantitative estimate of drug-likeness (QED) is 0.575. The van der Waals surface area contributed by atoms with E-state index in [2.05, 4.69) is 20.0 Å². The summed E-state index contributed by atoms with van der Waals surface area (Å²) in [5.74, 6) is 0.654. The van der Waals surface area contributed by atoms with E-state index in [-0.39, 0.29) is 5.56 Å². The van der Waals surface area contributed by atoms with Crippen LogP contribution in [0.25, 0.3) is 5.82 Å². The average Bonchev–Trinajstić information content (AvgIpc) is 3.44. The Kier molecular flexibility index (Phi) is 5.71. The minimum Gasteiger partial charge on any atom is -0.375 e. The number of aromatic nitrogens is 5. The standard InChI is InChI=1S/C20H25N7O2S/c28-20-3-2-18(26-6-1-5-21-26)23-27(20)12-11-24-7-9-25(10-8-24)14-19-22-16-4-13-29-15-17(16)30-19/h1-3,5-6H,4,7-15H2. The topological polar surface area (TPSA) is 81.3 Å². The van der Waals surface area contributed by atoms with Crippen LogP contribution in [0.2, 0.25) is 0 Å². The van der Waals surface area contributed by atoms with Gasteiger partial charge in [0.2, 0.25) is 0 Å². The number of rotatable bonds is 6. The van der Waals surface area contributed by atoms with Crippen molar-refractivity contribution in [3.63, 3.8) is 0 Å². The smallest absolute Gasteiger partial charge is 0.266 e. The molecule has 10 heteroatoms. The van der Waals surface area contributed by atoms with Gasteiger partial charge in [-0.3, -0.25) is 14.6 Å². The second-order valence-corrected chi connectivity index (χ2v) is 8.77. The lowest BCUT2D eigenvalue weighted by Crippen LogP contribution is -2.47. The van der Waals surface area contributed by atoms with E-state index in [0.29, 0.717) is 12.4 Å². The number of fused-ring (bicyclic) bond motifs is 1. The summed E-state index contributed by atoms with van der Waals surface area (Å²) in [7, 11) is 0. The average molecular weight is 428 g/mol. The molecule has 9 nitrogen and oxygen atoms in total. The minimum atomic E-state index is -0.0822. The van der Waals surface area contributed by atoms with Crippen molar-refractivity contribution in [1.29, 1.82) is 0 Å². The maximum absolute atomic E-state index is 12.2. The monoisotopic (exact) mass is 427 g/mol. The molecule has 0 unspecified atom stereocenters. The molecule has 3 aromatic heterocycles. The van der Waals surface area contributed by atoms with Crippen molar-refractivity contribution >= 4 is 11.3 Å². The Morgan fingerprint density at radius 2 is 1.97 bits per heavy atom. The highest BCUT2D eigenvalue weighted by Gasteiger charge is 2.20. The summed E-state index contributed by atoms with van der Waals surface area (Å²) in [4.78, 5) is 23.1. The Morgan fingerprint density at radius 3 is 2.77 bits per heavy atom. The summed E-state index contributed by atoms with van der Waals surface area (Å²) >= 11 is 1.79. The van der Waals surface area contributed by atoms with E-state index in [4.69, 9.17) is 9.72 Å². The van der Waals surface area contributed by atoms with Gasteiger partial charge in [-0.25, -0.2) is 14.3 Å². The van der Waals surface area contributed by atoms with Crippen LogP contribution >= 0.6 is 11.3 Å². The van der Waals surface area contributed by atoms with Gasteiger partial charge in [0, 0.05) is 57.6 Å². The lowest BCUT2D eigenvalue weighted by Gasteiger charge is -2.34. The molecular weight excluding hydrogens is 402 g/mol. The highest BCUT2D eigenvalue weighted by atomic mass is 32.1. The summed E-state index contributed by atoms with van der Waals surface area (Å²) < 4.78 is 8.73. The van der Waals surface area contributed by atoms with Crippen LogP contribution in [0.5, 0.6) is 0 Å². The van der Waals surface area contributed by atoms with Gasteiger partial charge in [0.15, 0.2) is 5.82 Å². The first-order chi connectivity index (χ1) is 14.7. The number of piperazine rings is 1. The third-order valence-electron chi connectivity index (χ3n) is 5.58. The summed E-state index contributed by atoms with van der Waals surface area (Å²) in [5, 5.41) is 9.83. The van der Waals surface area contributed by atoms with Crippen molar-refractivity contribution in [3.8, 4) is 5.82 Å². The van der Waals surface area contributed by atoms with Crippen LogP contribution in [0.4, 0.5) is 0 Å². The SMILES string of the molecule is O=c1ccc(-n2cccn2)nn1CCN1CCN(Cc2nc3c(s2)COCC3)CC1. The number of hydrogen-bond donors (Lipinski definition) is 0. The van der Waals surface area contributed by atoms with Crippen molar-refractivity contribution in [3.05, 3.63) is 56.5 Å². The molecule has 5 heterocycles. The van der Waals surface area contributed by atoms with Crippen LogP contribution in [-0.2, 0) is 30.9 Å². The van der Waals surface area contributed by atoms with Gasteiger partial charge in [-0.05, 0) is 12.1 Å². The number of nitrogens with zero attached hydrogens (tertiary/aromatic N) is 7. The second kappa shape index (κ2) is 8.76. The Morgan fingerprint density at radius 1 is 1.10 bits per heavy atom. The van der Waals surface area contributed by atoms with E-state index >= 15 is 0 Å². The van der Waals surface area contributed by atoms with Crippen LogP contribution in [0.1, 0.15) is 15.6 Å². The van der Waals surface area contributed by atoms with E-state index in [9.17, 15) is 4.79 Å². The molecular formula is C20H25N7O2S. The zero-order valence-corrected chi connectivity index (χ0v) is 17.6. The molecule has 0 radical (unpaired) electrons. The van der Waals surface area contributed by atoms with Crippen molar-refractivity contribution in [2.75, 3.05) is 39.3 Å². The highest BCUT2D eigenvalue weighted by molar-refractivity contribution is 7.11. The van der Waals surface area contributed by atoms with Gasteiger partial charge in [-0.1, -0.05) is 0 Å². The van der Waals surface area contributed by atoms with E-state index < -0.39 is 0 Å². The molecule has 0 aliphatic carbocycles. The molecule has 1 fully saturated rings. The first-order valence-corrected chi connectivity index (χ1v) is 11.1. The van der Waals surface area contributed by atoms with Gasteiger partial charge >= 0.3 is 0 Å². The van der Waals surface area contributed by atoms with E-state index in [0.717, 1.165) is 58.9 Å². The zero-order chi connectivity index (χ0) is 20.3. The van der Waals surface area contributed by atoms with Crippen LogP contribution < -0.4 is 5.56 Å². The molecule has 0 N–H and O–H groups in total. The maximum Gasteiger partial charge on any atom is 0.266 e. The molecule has 158 valence electrons. The molecule has 3 aromatic rings. The van der Waals surface area contributed by atoms with Crippen molar-refractivity contribution in [2.45, 2.75) is 26.1 Å². The van der Waals surface area contributed by atoms with Crippen LogP contribution in [0, 0.1) is 0 Å². The number of hydrogen-bond acceptors (Lipinski definition) is 8. The van der Waals surface area contributed by atoms with Gasteiger partial charge in [0.25, 0.3) is 5.56 Å². The van der Waals surface area contributed by atoms with Gasteiger partial charge in [0.05, 0.1) is 36.9 Å². The van der Waals surface area contributed by atoms with E-state index in [1.165, 1.54) is 20.3 Å². The first kappa shape index (κ1) is 19.6. The molecule has 0 aromatic carbocycles. The van der Waals surface area contributed by atoms with Crippen LogP contribution in [0.3, 0.4) is 0 Å². The second-order valence-electron chi connectivity index (χ2n) is 7.60. The van der Waals surface area contributed by atoms with Gasteiger partial charge in [0.1, 0.15) is 5.01 Å². The Balaban J connectivity index is 1.13. The Labute approximate surface area is 178 Å². The van der Waals surface area contributed by atoms with E-state index in [1.54, 1.807) is 34.3 Å². The molecule has 5 rings (SSSR count). The zero-order valence-electron chi connectivity index (χ0n) is 16.8. The fourth-order valence-corrected chi connectivity index (χ4v) is 4.96. The van der Waals surface area contributed by atoms with E-state index in [1.807, 2.05) is 12.3 Å². The van der Waals surface area contributed by atoms with Crippen molar-refractivity contribution in [2.24, 2.45) is 0 Å². The summed E-state index contributed by atoms with van der Waals surface area (Å²) in [6, 6.07) is 5.10. The van der Waals surface area contributed by atoms with Gasteiger partial charge in [-0.2, -0.15) is 5.10 Å². The number of thiazole rings is 1. The predicted octanol–water partition coefficient (Wildman–Crippen LogP) is 0.776. The summed E-state index contributed by atoms with van der Waals surface area (Å²) in [6.07, 6.45) is 4.46. The van der Waals surface area contributed by atoms with Crippen LogP contribution in [-0.4, -0.2) is 73.7 Å². The van der Waals surface area contributed by atoms with Gasteiger partial charge < -0.3 is 4.74 Å². The molecule has 0 atom stereocenters. The fraction of sp³-hybridized carbons (Fsp3) is 0.500. The number of ether oxygens (including phenoxy) is 1. The first-order valence-electron chi connectivity index (χ1n) is 10.3. The highest BCUT2D eigenvalue weighted by Crippen LogP contribution is 2.24. The molecule has 1 saturated heterocycles. The Hall–Kier alpha value is -2.40. The molecule has 2 aliphatic rings. The molecule has 0 spiro atoms. The summed E-state index contributed by atoms with van der Waals surface area (Å²) in [5.41, 5.74) is 1.15. The summed E-state index contributed by atoms with van der Waals surface area (Å²) in [6.45, 7) is 7.81. The molecule has 0 bridgehead atoms. The fourth-order valence-electron chi connectivity index (χ4n) is 3.87. The van der Waals surface area contributed by atoms with Gasteiger partial charge in [-0.15, -0.1) is 16.4 Å². The Bertz CT molecular complexity index is 1010. The minimum absolute atomic E-state index is 0.0822. The lowest BCUT2D eigenvalue weighted by atomic mass is 10.2. The largest absolute Gasteiger partial charge is 0.375 e. The third-order valence-corrected chi connectivity index (χ3v) is 6.64. The lowest BCUT2D eigenvalue weighted by molar-refractivity contribution is 0.112. The van der Waals surface area contributed by atoms with Crippen molar-refractivity contribution in [1.82, 2.24) is 34.3 Å². The van der Waals surface area contributed by atoms with Crippen LogP contribution in [0.15, 0.2) is 35.4 Å². The maximum atomic E-state index is 12.2. The predicted molar refractivity (Wildman–Crippen MR) is 113 cm³/mol. The third kappa shape index (κ3) is 4.36.